The zero-order valence-corrected chi connectivity index (χ0v) is 11.8. The normalized spacial score (nSPS) is 20.5. The van der Waals surface area contributed by atoms with Gasteiger partial charge in [0.1, 0.15) is 0 Å². The smallest absolute Gasteiger partial charge is 0.236 e. The van der Waals surface area contributed by atoms with Gasteiger partial charge in [0.25, 0.3) is 0 Å². The van der Waals surface area contributed by atoms with Gasteiger partial charge >= 0.3 is 0 Å². The zero-order chi connectivity index (χ0) is 12.9. The molecule has 0 bridgehead atoms. The third kappa shape index (κ3) is 4.30. The van der Waals surface area contributed by atoms with Crippen LogP contribution >= 0.6 is 0 Å². The summed E-state index contributed by atoms with van der Waals surface area (Å²) in [5, 5.41) is 6.10. The minimum absolute atomic E-state index is 0.0790. The maximum atomic E-state index is 11.5. The molecule has 0 saturated heterocycles. The van der Waals surface area contributed by atoms with E-state index in [4.69, 9.17) is 0 Å². The summed E-state index contributed by atoms with van der Waals surface area (Å²) in [5.74, 6) is 0.827. The van der Waals surface area contributed by atoms with E-state index in [1.54, 1.807) is 7.05 Å². The van der Waals surface area contributed by atoms with Crippen molar-refractivity contribution in [3.63, 3.8) is 0 Å². The SMILES string of the molecule is CNC(=O)C(C)NCC1(CC(C)C)CCCC1. The molecular formula is C14H28N2O. The van der Waals surface area contributed by atoms with Gasteiger partial charge in [-0.05, 0) is 37.5 Å². The fraction of sp³-hybridized carbons (Fsp3) is 0.929. The average Bonchev–Trinajstić information content (AvgIpc) is 2.73. The van der Waals surface area contributed by atoms with Crippen molar-refractivity contribution in [1.82, 2.24) is 10.6 Å². The molecule has 1 saturated carbocycles. The summed E-state index contributed by atoms with van der Waals surface area (Å²) in [4.78, 5) is 11.5. The predicted molar refractivity (Wildman–Crippen MR) is 71.9 cm³/mol. The van der Waals surface area contributed by atoms with Crippen molar-refractivity contribution in [2.45, 2.75) is 58.9 Å². The van der Waals surface area contributed by atoms with Gasteiger partial charge in [-0.25, -0.2) is 0 Å². The molecule has 1 amide bonds. The van der Waals surface area contributed by atoms with E-state index in [1.807, 2.05) is 6.92 Å². The summed E-state index contributed by atoms with van der Waals surface area (Å²) >= 11 is 0. The lowest BCUT2D eigenvalue weighted by Crippen LogP contribution is -2.45. The molecule has 2 N–H and O–H groups in total. The highest BCUT2D eigenvalue weighted by Gasteiger charge is 2.34. The first kappa shape index (κ1) is 14.5. The first-order valence-electron chi connectivity index (χ1n) is 6.94. The number of hydrogen-bond donors (Lipinski definition) is 2. The predicted octanol–water partition coefficient (Wildman–Crippen LogP) is 2.32. The van der Waals surface area contributed by atoms with Crippen molar-refractivity contribution in [3.8, 4) is 0 Å². The molecule has 1 atom stereocenters. The molecule has 0 aromatic heterocycles. The summed E-state index contributed by atoms with van der Waals surface area (Å²) in [7, 11) is 1.69. The van der Waals surface area contributed by atoms with Crippen molar-refractivity contribution < 1.29 is 4.79 Å². The summed E-state index contributed by atoms with van der Waals surface area (Å²) in [6.07, 6.45) is 6.61. The van der Waals surface area contributed by atoms with Gasteiger partial charge in [-0.15, -0.1) is 0 Å². The Morgan fingerprint density at radius 3 is 2.29 bits per heavy atom. The van der Waals surface area contributed by atoms with Gasteiger partial charge in [0.05, 0.1) is 6.04 Å². The van der Waals surface area contributed by atoms with Crippen LogP contribution in [0.5, 0.6) is 0 Å². The van der Waals surface area contributed by atoms with E-state index in [1.165, 1.54) is 32.1 Å². The zero-order valence-electron chi connectivity index (χ0n) is 11.8. The molecular weight excluding hydrogens is 212 g/mol. The fourth-order valence-electron chi connectivity index (χ4n) is 3.12. The maximum Gasteiger partial charge on any atom is 0.236 e. The molecule has 1 rings (SSSR count). The van der Waals surface area contributed by atoms with Gasteiger partial charge in [0.15, 0.2) is 0 Å². The van der Waals surface area contributed by atoms with Crippen LogP contribution in [0.25, 0.3) is 0 Å². The molecule has 1 unspecified atom stereocenters. The van der Waals surface area contributed by atoms with Gasteiger partial charge in [0.2, 0.25) is 5.91 Å². The van der Waals surface area contributed by atoms with Gasteiger partial charge < -0.3 is 10.6 Å². The van der Waals surface area contributed by atoms with E-state index < -0.39 is 0 Å². The second kappa shape index (κ2) is 6.39. The second-order valence-electron chi connectivity index (χ2n) is 6.02. The molecule has 1 aliphatic rings. The van der Waals surface area contributed by atoms with Crippen molar-refractivity contribution >= 4 is 5.91 Å². The third-order valence-electron chi connectivity index (χ3n) is 3.93. The van der Waals surface area contributed by atoms with Gasteiger partial charge in [-0.2, -0.15) is 0 Å². The number of carbonyl (C=O) groups excluding carboxylic acids is 1. The molecule has 0 heterocycles. The van der Waals surface area contributed by atoms with Crippen LogP contribution in [0, 0.1) is 11.3 Å². The summed E-state index contributed by atoms with van der Waals surface area (Å²) in [5.41, 5.74) is 0.441. The van der Waals surface area contributed by atoms with Crippen LogP contribution in [0.4, 0.5) is 0 Å². The molecule has 100 valence electrons. The lowest BCUT2D eigenvalue weighted by atomic mass is 9.78. The number of hydrogen-bond acceptors (Lipinski definition) is 2. The largest absolute Gasteiger partial charge is 0.358 e. The summed E-state index contributed by atoms with van der Waals surface area (Å²) in [6, 6.07) is -0.0790. The molecule has 17 heavy (non-hydrogen) atoms. The van der Waals surface area contributed by atoms with Gasteiger partial charge in [-0.3, -0.25) is 4.79 Å². The first-order chi connectivity index (χ1) is 7.99. The van der Waals surface area contributed by atoms with Crippen LogP contribution in [0.15, 0.2) is 0 Å². The van der Waals surface area contributed by atoms with E-state index in [-0.39, 0.29) is 11.9 Å². The Labute approximate surface area is 106 Å². The highest BCUT2D eigenvalue weighted by atomic mass is 16.2. The average molecular weight is 240 g/mol. The second-order valence-corrected chi connectivity index (χ2v) is 6.02. The van der Waals surface area contributed by atoms with E-state index >= 15 is 0 Å². The molecule has 0 aromatic rings. The molecule has 1 fully saturated rings. The third-order valence-corrected chi connectivity index (χ3v) is 3.93. The minimum atomic E-state index is -0.0790. The Hall–Kier alpha value is -0.570. The Kier molecular flexibility index (Phi) is 5.44. The van der Waals surface area contributed by atoms with Crippen LogP contribution in [0.3, 0.4) is 0 Å². The van der Waals surface area contributed by atoms with E-state index in [9.17, 15) is 4.79 Å². The monoisotopic (exact) mass is 240 g/mol. The Balaban J connectivity index is 2.47. The summed E-state index contributed by atoms with van der Waals surface area (Å²) < 4.78 is 0. The Morgan fingerprint density at radius 2 is 1.82 bits per heavy atom. The number of likely N-dealkylation sites (N-methyl/N-ethyl adjacent to an activating group) is 1. The Morgan fingerprint density at radius 1 is 1.24 bits per heavy atom. The topological polar surface area (TPSA) is 41.1 Å². The standard InChI is InChI=1S/C14H28N2O/c1-11(2)9-14(7-5-6-8-14)10-16-12(3)13(17)15-4/h11-12,16H,5-10H2,1-4H3,(H,15,17). The van der Waals surface area contributed by atoms with Crippen molar-refractivity contribution in [3.05, 3.63) is 0 Å². The number of amides is 1. The van der Waals surface area contributed by atoms with E-state index in [0.29, 0.717) is 5.41 Å². The Bertz CT molecular complexity index is 245. The van der Waals surface area contributed by atoms with Crippen molar-refractivity contribution in [2.24, 2.45) is 11.3 Å². The van der Waals surface area contributed by atoms with Crippen LogP contribution in [0.2, 0.25) is 0 Å². The molecule has 3 heteroatoms. The highest BCUT2D eigenvalue weighted by molar-refractivity contribution is 5.80. The summed E-state index contributed by atoms with van der Waals surface area (Å²) in [6.45, 7) is 7.52. The quantitative estimate of drug-likeness (QED) is 0.748. The fourth-order valence-corrected chi connectivity index (χ4v) is 3.12. The molecule has 0 aliphatic heterocycles. The molecule has 3 nitrogen and oxygen atoms in total. The van der Waals surface area contributed by atoms with Gasteiger partial charge in [0, 0.05) is 13.6 Å². The number of nitrogens with one attached hydrogen (secondary N) is 2. The van der Waals surface area contributed by atoms with Crippen LogP contribution in [0.1, 0.15) is 52.9 Å². The van der Waals surface area contributed by atoms with Crippen molar-refractivity contribution in [2.75, 3.05) is 13.6 Å². The van der Waals surface area contributed by atoms with Crippen LogP contribution < -0.4 is 10.6 Å². The lowest BCUT2D eigenvalue weighted by Gasteiger charge is -2.32. The number of rotatable bonds is 6. The molecule has 1 aliphatic carbocycles. The van der Waals surface area contributed by atoms with Crippen molar-refractivity contribution in [1.29, 1.82) is 0 Å². The molecule has 0 radical (unpaired) electrons. The van der Waals surface area contributed by atoms with Gasteiger partial charge in [-0.1, -0.05) is 26.7 Å². The van der Waals surface area contributed by atoms with Crippen LogP contribution in [-0.2, 0) is 4.79 Å². The minimum Gasteiger partial charge on any atom is -0.358 e. The van der Waals surface area contributed by atoms with E-state index in [2.05, 4.69) is 24.5 Å². The molecule has 0 aromatic carbocycles. The van der Waals surface area contributed by atoms with Crippen LogP contribution in [-0.4, -0.2) is 25.5 Å². The molecule has 0 spiro atoms. The maximum absolute atomic E-state index is 11.5. The first-order valence-corrected chi connectivity index (χ1v) is 6.94. The number of carbonyl (C=O) groups is 1. The lowest BCUT2D eigenvalue weighted by molar-refractivity contribution is -0.122. The highest BCUT2D eigenvalue weighted by Crippen LogP contribution is 2.42. The van der Waals surface area contributed by atoms with E-state index in [0.717, 1.165) is 12.5 Å².